The van der Waals surface area contributed by atoms with E-state index in [4.69, 9.17) is 4.74 Å². The molecule has 1 aliphatic carbocycles. The molecule has 0 spiro atoms. The van der Waals surface area contributed by atoms with Crippen molar-refractivity contribution in [2.24, 2.45) is 5.92 Å². The number of nitrogens with one attached hydrogen (secondary N) is 2. The molecule has 0 aliphatic heterocycles. The molecule has 178 valence electrons. The number of aryl methyl sites for hydroxylation is 2. The van der Waals surface area contributed by atoms with E-state index in [0.29, 0.717) is 35.0 Å². The van der Waals surface area contributed by atoms with E-state index in [1.807, 2.05) is 0 Å². The highest BCUT2D eigenvalue weighted by atomic mass is 32.2. The Morgan fingerprint density at radius 2 is 1.79 bits per heavy atom. The number of esters is 1. The van der Waals surface area contributed by atoms with Gasteiger partial charge >= 0.3 is 11.9 Å². The standard InChI is InChI=1S/C23H28N2O7S/c1-4-31-23(28)22(27)25-17-10-14(2)21(15(3)11-17)32-18-8-9-19(26)20(12-18)33(29,30)24-13-16-6-5-7-16/h8-12,16,24,26H,4-7,13H2,1-3H3,(H,25,27). The highest BCUT2D eigenvalue weighted by Gasteiger charge is 2.24. The van der Waals surface area contributed by atoms with Crippen LogP contribution in [0.15, 0.2) is 35.2 Å². The molecule has 0 aromatic heterocycles. The molecule has 2 aromatic rings. The maximum Gasteiger partial charge on any atom is 0.397 e. The van der Waals surface area contributed by atoms with E-state index in [9.17, 15) is 23.1 Å². The quantitative estimate of drug-likeness (QED) is 0.393. The van der Waals surface area contributed by atoms with Gasteiger partial charge in [0.1, 0.15) is 22.1 Å². The number of carbonyl (C=O) groups excluding carboxylic acids is 2. The Bertz CT molecular complexity index is 1130. The summed E-state index contributed by atoms with van der Waals surface area (Å²) in [5.41, 5.74) is 1.69. The van der Waals surface area contributed by atoms with Gasteiger partial charge in [-0.15, -0.1) is 0 Å². The molecule has 33 heavy (non-hydrogen) atoms. The number of hydrogen-bond donors (Lipinski definition) is 3. The first kappa shape index (κ1) is 24.5. The van der Waals surface area contributed by atoms with E-state index in [-0.39, 0.29) is 23.0 Å². The zero-order chi connectivity index (χ0) is 24.2. The van der Waals surface area contributed by atoms with Crippen LogP contribution in [-0.2, 0) is 24.3 Å². The van der Waals surface area contributed by atoms with Crippen molar-refractivity contribution >= 4 is 27.6 Å². The minimum absolute atomic E-state index is 0.0948. The van der Waals surface area contributed by atoms with Crippen molar-refractivity contribution in [3.63, 3.8) is 0 Å². The molecule has 1 fully saturated rings. The third-order valence-corrected chi connectivity index (χ3v) is 6.86. The van der Waals surface area contributed by atoms with Crippen LogP contribution in [0.2, 0.25) is 0 Å². The number of ether oxygens (including phenoxy) is 2. The molecule has 0 bridgehead atoms. The second-order valence-electron chi connectivity index (χ2n) is 7.99. The van der Waals surface area contributed by atoms with Crippen LogP contribution in [0.1, 0.15) is 37.3 Å². The summed E-state index contributed by atoms with van der Waals surface area (Å²) in [5, 5.41) is 12.6. The number of aromatic hydroxyl groups is 1. The number of sulfonamides is 1. The molecule has 0 atom stereocenters. The Balaban J connectivity index is 1.78. The summed E-state index contributed by atoms with van der Waals surface area (Å²) in [7, 11) is -3.90. The van der Waals surface area contributed by atoms with E-state index in [2.05, 4.69) is 14.8 Å². The molecule has 1 saturated carbocycles. The van der Waals surface area contributed by atoms with Gasteiger partial charge in [0.15, 0.2) is 0 Å². The molecule has 2 aromatic carbocycles. The Morgan fingerprint density at radius 1 is 1.12 bits per heavy atom. The van der Waals surface area contributed by atoms with Gasteiger partial charge in [-0.25, -0.2) is 17.9 Å². The van der Waals surface area contributed by atoms with E-state index in [1.54, 1.807) is 32.9 Å². The van der Waals surface area contributed by atoms with Crippen molar-refractivity contribution in [2.45, 2.75) is 44.9 Å². The molecule has 0 heterocycles. The SMILES string of the molecule is CCOC(=O)C(=O)Nc1cc(C)c(Oc2ccc(O)c(S(=O)(=O)NCC3CCC3)c2)c(C)c1. The van der Waals surface area contributed by atoms with Crippen LogP contribution in [0.4, 0.5) is 5.69 Å². The van der Waals surface area contributed by atoms with Crippen LogP contribution in [0, 0.1) is 19.8 Å². The summed E-state index contributed by atoms with van der Waals surface area (Å²) < 4.78 is 38.5. The lowest BCUT2D eigenvalue weighted by Gasteiger charge is -2.25. The first-order valence-electron chi connectivity index (χ1n) is 10.7. The average Bonchev–Trinajstić information content (AvgIpc) is 2.70. The predicted molar refractivity (Wildman–Crippen MR) is 122 cm³/mol. The van der Waals surface area contributed by atoms with Crippen LogP contribution in [0.5, 0.6) is 17.2 Å². The maximum absolute atomic E-state index is 12.7. The van der Waals surface area contributed by atoms with E-state index in [1.165, 1.54) is 18.2 Å². The van der Waals surface area contributed by atoms with Gasteiger partial charge in [-0.1, -0.05) is 6.42 Å². The van der Waals surface area contributed by atoms with Crippen molar-refractivity contribution in [2.75, 3.05) is 18.5 Å². The van der Waals surface area contributed by atoms with Gasteiger partial charge in [0.2, 0.25) is 10.0 Å². The second-order valence-corrected chi connectivity index (χ2v) is 9.73. The lowest BCUT2D eigenvalue weighted by Crippen LogP contribution is -2.32. The molecule has 10 heteroatoms. The lowest BCUT2D eigenvalue weighted by atomic mass is 9.86. The highest BCUT2D eigenvalue weighted by molar-refractivity contribution is 7.89. The summed E-state index contributed by atoms with van der Waals surface area (Å²) in [4.78, 5) is 23.2. The molecular weight excluding hydrogens is 448 g/mol. The minimum Gasteiger partial charge on any atom is -0.507 e. The molecule has 0 radical (unpaired) electrons. The summed E-state index contributed by atoms with van der Waals surface area (Å²) in [6.45, 7) is 5.54. The van der Waals surface area contributed by atoms with Gasteiger partial charge in [-0.3, -0.25) is 4.79 Å². The third kappa shape index (κ3) is 6.02. The topological polar surface area (TPSA) is 131 Å². The third-order valence-electron chi connectivity index (χ3n) is 5.41. The fourth-order valence-electron chi connectivity index (χ4n) is 3.46. The smallest absolute Gasteiger partial charge is 0.397 e. The fraction of sp³-hybridized carbons (Fsp3) is 0.391. The zero-order valence-corrected chi connectivity index (χ0v) is 19.6. The van der Waals surface area contributed by atoms with Crippen LogP contribution in [-0.4, -0.2) is 38.6 Å². The first-order chi connectivity index (χ1) is 15.6. The lowest BCUT2D eigenvalue weighted by molar-refractivity contribution is -0.152. The number of rotatable bonds is 8. The Morgan fingerprint density at radius 3 is 2.36 bits per heavy atom. The molecule has 1 amide bonds. The van der Waals surface area contributed by atoms with Gasteiger partial charge in [-0.2, -0.15) is 0 Å². The number of phenols is 1. The number of phenolic OH excluding ortho intramolecular Hbond substituents is 1. The van der Waals surface area contributed by atoms with E-state index < -0.39 is 21.9 Å². The number of benzene rings is 2. The summed E-state index contributed by atoms with van der Waals surface area (Å²) in [6.07, 6.45) is 3.09. The van der Waals surface area contributed by atoms with Crippen molar-refractivity contribution in [1.82, 2.24) is 4.72 Å². The normalized spacial score (nSPS) is 13.8. The largest absolute Gasteiger partial charge is 0.507 e. The molecule has 3 N–H and O–H groups in total. The molecule has 9 nitrogen and oxygen atoms in total. The van der Waals surface area contributed by atoms with Gasteiger partial charge < -0.3 is 19.9 Å². The second kappa shape index (κ2) is 10.2. The average molecular weight is 477 g/mol. The van der Waals surface area contributed by atoms with Gasteiger partial charge in [0, 0.05) is 18.3 Å². The molecule has 3 rings (SSSR count). The summed E-state index contributed by atoms with van der Waals surface area (Å²) in [5.74, 6) is -1.21. The van der Waals surface area contributed by atoms with Crippen LogP contribution in [0.25, 0.3) is 0 Å². The van der Waals surface area contributed by atoms with Gasteiger partial charge in [-0.05, 0) is 74.9 Å². The molecule has 1 aliphatic rings. The van der Waals surface area contributed by atoms with E-state index >= 15 is 0 Å². The molecular formula is C23H28N2O7S. The Labute approximate surface area is 193 Å². The van der Waals surface area contributed by atoms with Crippen LogP contribution >= 0.6 is 0 Å². The highest BCUT2D eigenvalue weighted by Crippen LogP contribution is 2.35. The van der Waals surface area contributed by atoms with Crippen molar-refractivity contribution < 1.29 is 32.6 Å². The summed E-state index contributed by atoms with van der Waals surface area (Å²) >= 11 is 0. The van der Waals surface area contributed by atoms with Gasteiger partial charge in [0.25, 0.3) is 0 Å². The fourth-order valence-corrected chi connectivity index (χ4v) is 4.68. The summed E-state index contributed by atoms with van der Waals surface area (Å²) in [6, 6.07) is 7.25. The minimum atomic E-state index is -3.90. The van der Waals surface area contributed by atoms with Crippen molar-refractivity contribution in [3.8, 4) is 17.2 Å². The zero-order valence-electron chi connectivity index (χ0n) is 18.8. The number of anilines is 1. The maximum atomic E-state index is 12.7. The van der Waals surface area contributed by atoms with E-state index in [0.717, 1.165) is 19.3 Å². The van der Waals surface area contributed by atoms with Crippen LogP contribution in [0.3, 0.4) is 0 Å². The monoisotopic (exact) mass is 476 g/mol. The Kier molecular flexibility index (Phi) is 7.60. The predicted octanol–water partition coefficient (Wildman–Crippen LogP) is 3.38. The van der Waals surface area contributed by atoms with Crippen molar-refractivity contribution in [1.29, 1.82) is 0 Å². The molecule has 0 saturated heterocycles. The van der Waals surface area contributed by atoms with Gasteiger partial charge in [0.05, 0.1) is 6.61 Å². The number of hydrogen-bond acceptors (Lipinski definition) is 7. The first-order valence-corrected chi connectivity index (χ1v) is 12.2. The number of carbonyl (C=O) groups is 2. The molecule has 0 unspecified atom stereocenters. The van der Waals surface area contributed by atoms with Crippen LogP contribution < -0.4 is 14.8 Å². The van der Waals surface area contributed by atoms with Crippen molar-refractivity contribution in [3.05, 3.63) is 41.5 Å². The number of amides is 1. The Hall–Kier alpha value is -3.11.